The third-order valence-electron chi connectivity index (χ3n) is 1.13. The van der Waals surface area contributed by atoms with Crippen LogP contribution in [0, 0.1) is 0 Å². The summed E-state index contributed by atoms with van der Waals surface area (Å²) in [5, 5.41) is 0. The number of carbonyl (C=O) groups excluding carboxylic acids is 1. The van der Waals surface area contributed by atoms with Crippen LogP contribution in [0.5, 0.6) is 0 Å². The summed E-state index contributed by atoms with van der Waals surface area (Å²) in [5.74, 6) is -0.827. The maximum atomic E-state index is 10.5. The molecule has 1 N–H and O–H groups in total. The molecule has 0 fully saturated rings. The lowest BCUT2D eigenvalue weighted by Crippen LogP contribution is -2.02. The topological polar surface area (TPSA) is 65.0 Å². The Labute approximate surface area is 87.8 Å². The van der Waals surface area contributed by atoms with Gasteiger partial charge in [0.15, 0.2) is 0 Å². The summed E-state index contributed by atoms with van der Waals surface area (Å²) in [4.78, 5) is 23.9. The molecule has 14 heavy (non-hydrogen) atoms. The van der Waals surface area contributed by atoms with E-state index in [-0.39, 0.29) is 6.61 Å². The Hall–Kier alpha value is -0.260. The minimum Gasteiger partial charge on any atom is -0.322 e. The van der Waals surface area contributed by atoms with Crippen molar-refractivity contribution < 1.29 is 23.8 Å². The van der Waals surface area contributed by atoms with Crippen LogP contribution in [0.25, 0.3) is 0 Å². The second-order valence-corrected chi connectivity index (χ2v) is 5.07. The molecule has 0 bridgehead atoms. The van der Waals surface area contributed by atoms with Gasteiger partial charge in [0.1, 0.15) is 0 Å². The van der Waals surface area contributed by atoms with Crippen LogP contribution in [0.4, 0.5) is 0 Å². The van der Waals surface area contributed by atoms with Crippen molar-refractivity contribution in [3.63, 3.8) is 0 Å². The SMILES string of the molecule is C=CC(=O)OOP(O)(=S)OCCCC. The molecule has 0 saturated heterocycles. The first-order valence-electron chi connectivity index (χ1n) is 4.02. The fraction of sp³-hybridized carbons (Fsp3) is 0.571. The molecule has 0 aliphatic carbocycles. The van der Waals surface area contributed by atoms with Gasteiger partial charge in [0, 0.05) is 6.08 Å². The van der Waals surface area contributed by atoms with E-state index in [0.29, 0.717) is 0 Å². The second kappa shape index (κ2) is 7.09. The van der Waals surface area contributed by atoms with Crippen molar-refractivity contribution in [3.05, 3.63) is 12.7 Å². The average molecular weight is 240 g/mol. The van der Waals surface area contributed by atoms with Gasteiger partial charge in [-0.2, -0.15) is 0 Å². The molecule has 1 unspecified atom stereocenters. The zero-order chi connectivity index (χ0) is 11.0. The zero-order valence-corrected chi connectivity index (χ0v) is 9.55. The fourth-order valence-corrected chi connectivity index (χ4v) is 1.35. The van der Waals surface area contributed by atoms with Crippen molar-refractivity contribution >= 4 is 24.5 Å². The van der Waals surface area contributed by atoms with E-state index in [0.717, 1.165) is 18.9 Å². The smallest absolute Gasteiger partial charge is 0.322 e. The maximum Gasteiger partial charge on any atom is 0.365 e. The van der Waals surface area contributed by atoms with E-state index < -0.39 is 12.7 Å². The first-order chi connectivity index (χ1) is 6.52. The van der Waals surface area contributed by atoms with Crippen LogP contribution >= 0.6 is 6.72 Å². The molecule has 0 aliphatic heterocycles. The van der Waals surface area contributed by atoms with E-state index in [1.54, 1.807) is 0 Å². The van der Waals surface area contributed by atoms with Gasteiger partial charge >= 0.3 is 12.7 Å². The third kappa shape index (κ3) is 7.17. The summed E-state index contributed by atoms with van der Waals surface area (Å²) < 4.78 is 9.08. The lowest BCUT2D eigenvalue weighted by atomic mass is 10.4. The highest BCUT2D eigenvalue weighted by molar-refractivity contribution is 8.07. The molecule has 0 aromatic rings. The second-order valence-electron chi connectivity index (χ2n) is 2.34. The molecule has 0 amide bonds. The normalized spacial score (nSPS) is 14.4. The Morgan fingerprint density at radius 3 is 2.86 bits per heavy atom. The number of rotatable bonds is 7. The van der Waals surface area contributed by atoms with Crippen molar-refractivity contribution in [2.75, 3.05) is 6.61 Å². The minimum atomic E-state index is -3.45. The molecule has 0 heterocycles. The molecule has 82 valence electrons. The van der Waals surface area contributed by atoms with E-state index in [4.69, 9.17) is 4.52 Å². The van der Waals surface area contributed by atoms with Crippen molar-refractivity contribution in [2.45, 2.75) is 19.8 Å². The molecular weight excluding hydrogens is 227 g/mol. The summed E-state index contributed by atoms with van der Waals surface area (Å²) in [5.41, 5.74) is 0. The van der Waals surface area contributed by atoms with Crippen LogP contribution in [0.2, 0.25) is 0 Å². The molecule has 0 aliphatic rings. The van der Waals surface area contributed by atoms with Gasteiger partial charge in [0.25, 0.3) is 0 Å². The number of carbonyl (C=O) groups is 1. The average Bonchev–Trinajstić information content (AvgIpc) is 2.14. The summed E-state index contributed by atoms with van der Waals surface area (Å²) in [6.07, 6.45) is 2.54. The quantitative estimate of drug-likeness (QED) is 0.240. The number of hydrogen-bond donors (Lipinski definition) is 1. The lowest BCUT2D eigenvalue weighted by molar-refractivity contribution is -0.212. The van der Waals surface area contributed by atoms with Crippen LogP contribution in [-0.4, -0.2) is 17.5 Å². The lowest BCUT2D eigenvalue weighted by Gasteiger charge is -2.12. The van der Waals surface area contributed by atoms with Gasteiger partial charge in [-0.1, -0.05) is 24.6 Å². The Kier molecular flexibility index (Phi) is 6.96. The van der Waals surface area contributed by atoms with Gasteiger partial charge in [-0.05, 0) is 18.2 Å². The molecule has 0 aromatic heterocycles. The van der Waals surface area contributed by atoms with Gasteiger partial charge in [-0.3, -0.25) is 4.89 Å². The van der Waals surface area contributed by atoms with Crippen molar-refractivity contribution in [2.24, 2.45) is 0 Å². The first kappa shape index (κ1) is 13.7. The summed E-state index contributed by atoms with van der Waals surface area (Å²) in [6, 6.07) is 0. The van der Waals surface area contributed by atoms with Crippen LogP contribution in [-0.2, 0) is 30.7 Å². The van der Waals surface area contributed by atoms with Gasteiger partial charge < -0.3 is 9.42 Å². The summed E-state index contributed by atoms with van der Waals surface area (Å²) in [7, 11) is 0. The minimum absolute atomic E-state index is 0.274. The van der Waals surface area contributed by atoms with Crippen molar-refractivity contribution in [1.29, 1.82) is 0 Å². The van der Waals surface area contributed by atoms with Crippen LogP contribution < -0.4 is 0 Å². The Bertz CT molecular complexity index is 242. The monoisotopic (exact) mass is 240 g/mol. The Balaban J connectivity index is 3.77. The standard InChI is InChI=1S/C7H13O5PS/c1-3-5-6-10-13(9,14)12-11-7(8)4-2/h4H,2-3,5-6H2,1H3,(H,9,14). The van der Waals surface area contributed by atoms with Crippen LogP contribution in [0.15, 0.2) is 12.7 Å². The summed E-state index contributed by atoms with van der Waals surface area (Å²) in [6.45, 7) is 1.93. The van der Waals surface area contributed by atoms with Crippen LogP contribution in [0.3, 0.4) is 0 Å². The Morgan fingerprint density at radius 1 is 1.71 bits per heavy atom. The van der Waals surface area contributed by atoms with Gasteiger partial charge in [-0.15, -0.1) is 0 Å². The van der Waals surface area contributed by atoms with E-state index in [1.165, 1.54) is 0 Å². The molecule has 0 saturated carbocycles. The molecule has 1 atom stereocenters. The predicted octanol–water partition coefficient (Wildman–Crippen LogP) is 1.68. The third-order valence-corrected chi connectivity index (χ3v) is 2.40. The molecular formula is C7H13O5PS. The highest BCUT2D eigenvalue weighted by atomic mass is 32.5. The van der Waals surface area contributed by atoms with E-state index >= 15 is 0 Å². The summed E-state index contributed by atoms with van der Waals surface area (Å²) >= 11 is 4.53. The molecule has 0 spiro atoms. The molecule has 0 radical (unpaired) electrons. The zero-order valence-electron chi connectivity index (χ0n) is 7.84. The molecule has 0 rings (SSSR count). The predicted molar refractivity (Wildman–Crippen MR) is 54.7 cm³/mol. The van der Waals surface area contributed by atoms with Gasteiger partial charge in [-0.25, -0.2) is 4.79 Å². The van der Waals surface area contributed by atoms with Crippen LogP contribution in [0.1, 0.15) is 19.8 Å². The van der Waals surface area contributed by atoms with E-state index in [2.05, 4.69) is 27.9 Å². The van der Waals surface area contributed by atoms with Crippen molar-refractivity contribution in [3.8, 4) is 0 Å². The fourth-order valence-electron chi connectivity index (χ4n) is 0.464. The van der Waals surface area contributed by atoms with Crippen molar-refractivity contribution in [1.82, 2.24) is 0 Å². The molecule has 0 aromatic carbocycles. The number of unbranched alkanes of at least 4 members (excludes halogenated alkanes) is 1. The van der Waals surface area contributed by atoms with E-state index in [9.17, 15) is 9.69 Å². The molecule has 5 nitrogen and oxygen atoms in total. The Morgan fingerprint density at radius 2 is 2.36 bits per heavy atom. The van der Waals surface area contributed by atoms with Gasteiger partial charge in [0.2, 0.25) is 0 Å². The number of hydrogen-bond acceptors (Lipinski definition) is 5. The molecule has 7 heteroatoms. The highest BCUT2D eigenvalue weighted by Gasteiger charge is 2.18. The highest BCUT2D eigenvalue weighted by Crippen LogP contribution is 2.43. The largest absolute Gasteiger partial charge is 0.365 e. The van der Waals surface area contributed by atoms with Gasteiger partial charge in [0.05, 0.1) is 6.61 Å². The maximum absolute atomic E-state index is 10.5. The van der Waals surface area contributed by atoms with E-state index in [1.807, 2.05) is 6.92 Å². The first-order valence-corrected chi connectivity index (χ1v) is 6.61.